The molecule has 0 aliphatic heterocycles. The van der Waals surface area contributed by atoms with Crippen molar-refractivity contribution in [2.45, 2.75) is 18.3 Å². The van der Waals surface area contributed by atoms with Crippen molar-refractivity contribution in [3.05, 3.63) is 66.0 Å². The van der Waals surface area contributed by atoms with Gasteiger partial charge < -0.3 is 9.47 Å². The fourth-order valence-electron chi connectivity index (χ4n) is 3.09. The maximum atomic E-state index is 13.9. The number of nitrogens with zero attached hydrogens (tertiary/aromatic N) is 4. The average molecular weight is 366 g/mol. The first kappa shape index (κ1) is 17.5. The predicted octanol–water partition coefficient (Wildman–Crippen LogP) is 3.37. The van der Waals surface area contributed by atoms with E-state index in [0.29, 0.717) is 36.7 Å². The molecule has 27 heavy (non-hydrogen) atoms. The summed E-state index contributed by atoms with van der Waals surface area (Å²) in [5.41, 5.74) is 2.12. The summed E-state index contributed by atoms with van der Waals surface area (Å²) >= 11 is 0. The van der Waals surface area contributed by atoms with Crippen molar-refractivity contribution in [1.29, 1.82) is 0 Å². The number of rotatable bonds is 7. The summed E-state index contributed by atoms with van der Waals surface area (Å²) in [6.07, 6.45) is 7.95. The smallest absolute Gasteiger partial charge is 0.197 e. The molecular formula is C20H19FN4O2. The molecule has 1 aliphatic rings. The molecule has 2 heterocycles. The van der Waals surface area contributed by atoms with E-state index < -0.39 is 0 Å². The van der Waals surface area contributed by atoms with Crippen LogP contribution in [0, 0.1) is 5.82 Å². The molecule has 0 spiro atoms. The third kappa shape index (κ3) is 3.93. The normalized spacial score (nSPS) is 18.3. The van der Waals surface area contributed by atoms with E-state index in [9.17, 15) is 4.39 Å². The van der Waals surface area contributed by atoms with Gasteiger partial charge in [-0.3, -0.25) is 0 Å². The van der Waals surface area contributed by atoms with Gasteiger partial charge in [-0.2, -0.15) is 0 Å². The lowest BCUT2D eigenvalue weighted by Gasteiger charge is -2.09. The summed E-state index contributed by atoms with van der Waals surface area (Å²) < 4.78 is 24.3. The molecule has 0 radical (unpaired) electrons. The second-order valence-corrected chi connectivity index (χ2v) is 6.39. The molecule has 7 heteroatoms. The van der Waals surface area contributed by atoms with Gasteiger partial charge in [0.15, 0.2) is 23.2 Å². The van der Waals surface area contributed by atoms with Crippen LogP contribution in [0.2, 0.25) is 0 Å². The zero-order valence-electron chi connectivity index (χ0n) is 14.9. The Morgan fingerprint density at radius 1 is 0.963 bits per heavy atom. The first-order chi connectivity index (χ1) is 13.3. The predicted molar refractivity (Wildman–Crippen MR) is 96.9 cm³/mol. The van der Waals surface area contributed by atoms with Crippen LogP contribution in [0.4, 0.5) is 4.39 Å². The highest BCUT2D eigenvalue weighted by Crippen LogP contribution is 2.54. The van der Waals surface area contributed by atoms with Gasteiger partial charge in [-0.15, -0.1) is 0 Å². The largest absolute Gasteiger partial charge is 0.488 e. The van der Waals surface area contributed by atoms with Gasteiger partial charge in [-0.1, -0.05) is 6.07 Å². The second-order valence-electron chi connectivity index (χ2n) is 6.39. The minimum atomic E-state index is -0.359. The third-order valence-electron chi connectivity index (χ3n) is 4.58. The lowest BCUT2D eigenvalue weighted by molar-refractivity contribution is 0.144. The maximum Gasteiger partial charge on any atom is 0.197 e. The molecule has 0 N–H and O–H groups in total. The van der Waals surface area contributed by atoms with Crippen LogP contribution in [0.15, 0.2) is 49.1 Å². The van der Waals surface area contributed by atoms with Crippen LogP contribution < -0.4 is 4.74 Å². The molecule has 3 aromatic rings. The molecule has 1 saturated carbocycles. The number of methoxy groups -OCH3 is 1. The Balaban J connectivity index is 1.45. The minimum absolute atomic E-state index is 0.267. The van der Waals surface area contributed by atoms with Crippen molar-refractivity contribution < 1.29 is 13.9 Å². The van der Waals surface area contributed by atoms with Gasteiger partial charge >= 0.3 is 0 Å². The topological polar surface area (TPSA) is 70.0 Å². The van der Waals surface area contributed by atoms with Gasteiger partial charge in [0.05, 0.1) is 6.61 Å². The lowest BCUT2D eigenvalue weighted by atomic mass is 10.1. The quantitative estimate of drug-likeness (QED) is 0.597. The summed E-state index contributed by atoms with van der Waals surface area (Å²) in [4.78, 5) is 17.1. The summed E-state index contributed by atoms with van der Waals surface area (Å²) in [6.45, 7) is 0.742. The average Bonchev–Trinajstić information content (AvgIpc) is 3.51. The Hall–Kier alpha value is -2.93. The molecule has 2 aromatic heterocycles. The van der Waals surface area contributed by atoms with Crippen molar-refractivity contribution in [2.24, 2.45) is 0 Å². The van der Waals surface area contributed by atoms with Gasteiger partial charge in [0.1, 0.15) is 6.61 Å². The molecule has 1 aliphatic carbocycles. The first-order valence-corrected chi connectivity index (χ1v) is 8.77. The summed E-state index contributed by atoms with van der Waals surface area (Å²) in [5.74, 6) is 1.57. The van der Waals surface area contributed by atoms with E-state index in [0.717, 1.165) is 17.5 Å². The van der Waals surface area contributed by atoms with Crippen LogP contribution >= 0.6 is 0 Å². The van der Waals surface area contributed by atoms with Gasteiger partial charge in [-0.05, 0) is 47.6 Å². The molecule has 0 bridgehead atoms. The van der Waals surface area contributed by atoms with Crippen molar-refractivity contribution in [2.75, 3.05) is 20.3 Å². The van der Waals surface area contributed by atoms with E-state index in [1.807, 2.05) is 18.5 Å². The molecule has 1 aromatic carbocycles. The molecule has 0 amide bonds. The van der Waals surface area contributed by atoms with Crippen LogP contribution in [0.3, 0.4) is 0 Å². The Morgan fingerprint density at radius 3 is 2.41 bits per heavy atom. The Labute approximate surface area is 156 Å². The van der Waals surface area contributed by atoms with Crippen LogP contribution in [0.1, 0.15) is 29.4 Å². The van der Waals surface area contributed by atoms with Gasteiger partial charge in [0, 0.05) is 31.9 Å². The molecule has 0 unspecified atom stereocenters. The fourth-order valence-corrected chi connectivity index (χ4v) is 3.09. The molecule has 0 saturated heterocycles. The van der Waals surface area contributed by atoms with E-state index in [4.69, 9.17) is 9.47 Å². The second kappa shape index (κ2) is 7.75. The van der Waals surface area contributed by atoms with E-state index in [-0.39, 0.29) is 11.6 Å². The fraction of sp³-hybridized carbons (Fsp3) is 0.300. The van der Waals surface area contributed by atoms with Crippen molar-refractivity contribution in [3.63, 3.8) is 0 Å². The Morgan fingerprint density at radius 2 is 1.67 bits per heavy atom. The van der Waals surface area contributed by atoms with E-state index >= 15 is 0 Å². The SMILES string of the molecule is COCCOc1cc([C@@H]2C[C@H]2c2cnc(-c3ncccn3)nc2)ccc1F. The summed E-state index contributed by atoms with van der Waals surface area (Å²) in [7, 11) is 1.59. The van der Waals surface area contributed by atoms with E-state index in [1.54, 1.807) is 31.6 Å². The number of aromatic nitrogens is 4. The zero-order valence-corrected chi connectivity index (χ0v) is 14.9. The first-order valence-electron chi connectivity index (χ1n) is 8.77. The van der Waals surface area contributed by atoms with Crippen molar-refractivity contribution >= 4 is 0 Å². The van der Waals surface area contributed by atoms with E-state index in [2.05, 4.69) is 19.9 Å². The summed E-state index contributed by atoms with van der Waals surface area (Å²) in [5, 5.41) is 0. The highest BCUT2D eigenvalue weighted by molar-refractivity contribution is 5.43. The van der Waals surface area contributed by atoms with Crippen LogP contribution in [-0.4, -0.2) is 40.3 Å². The molecule has 4 rings (SSSR count). The highest BCUT2D eigenvalue weighted by atomic mass is 19.1. The zero-order chi connectivity index (χ0) is 18.6. The number of halogens is 1. The molecule has 1 fully saturated rings. The molecular weight excluding hydrogens is 347 g/mol. The van der Waals surface area contributed by atoms with Crippen molar-refractivity contribution in [1.82, 2.24) is 19.9 Å². The third-order valence-corrected chi connectivity index (χ3v) is 4.58. The maximum absolute atomic E-state index is 13.9. The van der Waals surface area contributed by atoms with Crippen LogP contribution in [0.25, 0.3) is 11.6 Å². The number of benzene rings is 1. The molecule has 138 valence electrons. The monoisotopic (exact) mass is 366 g/mol. The minimum Gasteiger partial charge on any atom is -0.488 e. The molecule has 2 atom stereocenters. The Bertz CT molecular complexity index is 906. The van der Waals surface area contributed by atoms with Crippen molar-refractivity contribution in [3.8, 4) is 17.4 Å². The van der Waals surface area contributed by atoms with Gasteiger partial charge in [0.2, 0.25) is 0 Å². The summed E-state index contributed by atoms with van der Waals surface area (Å²) in [6, 6.07) is 6.81. The van der Waals surface area contributed by atoms with Crippen LogP contribution in [0.5, 0.6) is 5.75 Å². The number of hydrogen-bond acceptors (Lipinski definition) is 6. The lowest BCUT2D eigenvalue weighted by Crippen LogP contribution is -2.05. The van der Waals surface area contributed by atoms with Gasteiger partial charge in [-0.25, -0.2) is 24.3 Å². The number of hydrogen-bond donors (Lipinski definition) is 0. The number of ether oxygens (including phenoxy) is 2. The standard InChI is InChI=1S/C20H19FN4O2/c1-26-7-8-27-18-9-13(3-4-17(18)21)15-10-16(15)14-11-24-20(25-12-14)19-22-5-2-6-23-19/h2-6,9,11-12,15-16H,7-8,10H2,1H3/t15-,16-/m0/s1. The van der Waals surface area contributed by atoms with Crippen LogP contribution in [-0.2, 0) is 4.74 Å². The van der Waals surface area contributed by atoms with Gasteiger partial charge in [0.25, 0.3) is 0 Å². The molecule has 6 nitrogen and oxygen atoms in total. The van der Waals surface area contributed by atoms with E-state index in [1.165, 1.54) is 6.07 Å². The highest BCUT2D eigenvalue weighted by Gasteiger charge is 2.40. The Kier molecular flexibility index (Phi) is 5.02.